The molecule has 0 aliphatic rings. The van der Waals surface area contributed by atoms with E-state index in [1.807, 2.05) is 25.2 Å². The topological polar surface area (TPSA) is 21.3 Å². The SMILES string of the molecule is CNC(Cc1cc(Br)ccc1OC)c1cc(F)ccc1Br. The summed E-state index contributed by atoms with van der Waals surface area (Å²) in [6.45, 7) is 0. The first-order valence-corrected chi connectivity index (χ1v) is 8.08. The monoisotopic (exact) mass is 415 g/mol. The minimum atomic E-state index is -0.241. The number of hydrogen-bond acceptors (Lipinski definition) is 2. The molecule has 2 rings (SSSR count). The average Bonchev–Trinajstić information content (AvgIpc) is 2.47. The van der Waals surface area contributed by atoms with Gasteiger partial charge in [-0.1, -0.05) is 31.9 Å². The quantitative estimate of drug-likeness (QED) is 0.751. The molecular weight excluding hydrogens is 401 g/mol. The van der Waals surface area contributed by atoms with Crippen LogP contribution in [0, 0.1) is 5.82 Å². The van der Waals surface area contributed by atoms with Crippen molar-refractivity contribution in [2.75, 3.05) is 14.2 Å². The fourth-order valence-electron chi connectivity index (χ4n) is 2.28. The van der Waals surface area contributed by atoms with Crippen molar-refractivity contribution in [3.8, 4) is 5.75 Å². The van der Waals surface area contributed by atoms with E-state index in [0.717, 1.165) is 25.8 Å². The minimum Gasteiger partial charge on any atom is -0.496 e. The summed E-state index contributed by atoms with van der Waals surface area (Å²) in [5.41, 5.74) is 1.95. The number of methoxy groups -OCH3 is 1. The first-order chi connectivity index (χ1) is 10.0. The Morgan fingerprint density at radius 2 is 1.95 bits per heavy atom. The number of nitrogens with one attached hydrogen (secondary N) is 1. The number of halogens is 3. The van der Waals surface area contributed by atoms with Crippen molar-refractivity contribution in [2.24, 2.45) is 0 Å². The molecule has 0 aliphatic carbocycles. The van der Waals surface area contributed by atoms with Crippen LogP contribution in [0.4, 0.5) is 4.39 Å². The molecule has 1 atom stereocenters. The van der Waals surface area contributed by atoms with E-state index in [1.165, 1.54) is 6.07 Å². The fourth-order valence-corrected chi connectivity index (χ4v) is 3.21. The highest BCUT2D eigenvalue weighted by Gasteiger charge is 2.16. The highest BCUT2D eigenvalue weighted by molar-refractivity contribution is 9.10. The maximum Gasteiger partial charge on any atom is 0.123 e. The van der Waals surface area contributed by atoms with Crippen molar-refractivity contribution in [3.05, 3.63) is 62.3 Å². The standard InChI is InChI=1S/C16H16Br2FNO/c1-20-15(13-9-12(19)4-5-14(13)18)8-10-7-11(17)3-6-16(10)21-2/h3-7,9,15,20H,8H2,1-2H3. The van der Waals surface area contributed by atoms with Gasteiger partial charge in [0.15, 0.2) is 0 Å². The minimum absolute atomic E-state index is 0.0155. The van der Waals surface area contributed by atoms with Crippen molar-refractivity contribution in [2.45, 2.75) is 12.5 Å². The van der Waals surface area contributed by atoms with E-state index in [9.17, 15) is 4.39 Å². The summed E-state index contributed by atoms with van der Waals surface area (Å²) in [7, 11) is 3.52. The third-order valence-corrected chi connectivity index (χ3v) is 4.56. The molecule has 0 saturated heterocycles. The lowest BCUT2D eigenvalue weighted by atomic mass is 9.98. The second kappa shape index (κ2) is 7.38. The van der Waals surface area contributed by atoms with E-state index in [-0.39, 0.29) is 11.9 Å². The Labute approximate surface area is 141 Å². The van der Waals surface area contributed by atoms with Crippen molar-refractivity contribution >= 4 is 31.9 Å². The summed E-state index contributed by atoms with van der Waals surface area (Å²) < 4.78 is 20.8. The molecule has 0 aliphatic heterocycles. The molecule has 0 aromatic heterocycles. The van der Waals surface area contributed by atoms with Crippen LogP contribution >= 0.6 is 31.9 Å². The first kappa shape index (κ1) is 16.5. The molecule has 0 spiro atoms. The zero-order chi connectivity index (χ0) is 15.4. The number of benzene rings is 2. The Hall–Kier alpha value is -0.910. The molecule has 1 unspecified atom stereocenters. The van der Waals surface area contributed by atoms with Gasteiger partial charge >= 0.3 is 0 Å². The summed E-state index contributed by atoms with van der Waals surface area (Å²) in [4.78, 5) is 0. The smallest absolute Gasteiger partial charge is 0.123 e. The van der Waals surface area contributed by atoms with Gasteiger partial charge in [-0.15, -0.1) is 0 Å². The van der Waals surface area contributed by atoms with Crippen LogP contribution in [0.1, 0.15) is 17.2 Å². The normalized spacial score (nSPS) is 12.2. The lowest BCUT2D eigenvalue weighted by molar-refractivity contribution is 0.406. The zero-order valence-electron chi connectivity index (χ0n) is 11.8. The average molecular weight is 417 g/mol. The van der Waals surface area contributed by atoms with E-state index in [4.69, 9.17) is 4.74 Å². The van der Waals surface area contributed by atoms with Gasteiger partial charge in [-0.3, -0.25) is 0 Å². The van der Waals surface area contributed by atoms with Gasteiger partial charge in [-0.2, -0.15) is 0 Å². The number of hydrogen-bond donors (Lipinski definition) is 1. The van der Waals surface area contributed by atoms with Crippen LogP contribution in [-0.4, -0.2) is 14.2 Å². The Bertz CT molecular complexity index is 634. The highest BCUT2D eigenvalue weighted by Crippen LogP contribution is 2.31. The second-order valence-corrected chi connectivity index (χ2v) is 6.44. The van der Waals surface area contributed by atoms with Crippen LogP contribution in [0.2, 0.25) is 0 Å². The molecule has 2 aromatic rings. The number of likely N-dealkylation sites (N-methyl/N-ethyl adjacent to an activating group) is 1. The molecular formula is C16H16Br2FNO. The Kier molecular flexibility index (Phi) is 5.79. The summed E-state index contributed by atoms with van der Waals surface area (Å²) in [6, 6.07) is 10.6. The summed E-state index contributed by atoms with van der Waals surface area (Å²) in [5, 5.41) is 3.24. The number of ether oxygens (including phenoxy) is 1. The molecule has 1 N–H and O–H groups in total. The van der Waals surface area contributed by atoms with Crippen LogP contribution in [0.25, 0.3) is 0 Å². The molecule has 2 aromatic carbocycles. The largest absolute Gasteiger partial charge is 0.496 e. The van der Waals surface area contributed by atoms with Crippen LogP contribution in [0.15, 0.2) is 45.3 Å². The van der Waals surface area contributed by atoms with Crippen molar-refractivity contribution in [1.29, 1.82) is 0 Å². The summed E-state index contributed by atoms with van der Waals surface area (Å²) in [6.07, 6.45) is 0.696. The van der Waals surface area contributed by atoms with Crippen molar-refractivity contribution < 1.29 is 9.13 Å². The molecule has 0 saturated carbocycles. The molecule has 0 radical (unpaired) electrons. The predicted octanol–water partition coefficient (Wildman–Crippen LogP) is 4.86. The maximum absolute atomic E-state index is 13.5. The van der Waals surface area contributed by atoms with Crippen molar-refractivity contribution in [3.63, 3.8) is 0 Å². The Morgan fingerprint density at radius 3 is 2.62 bits per heavy atom. The van der Waals surface area contributed by atoms with E-state index < -0.39 is 0 Å². The lowest BCUT2D eigenvalue weighted by Crippen LogP contribution is -2.20. The molecule has 0 amide bonds. The third-order valence-electron chi connectivity index (χ3n) is 3.35. The van der Waals surface area contributed by atoms with Gasteiger partial charge in [0, 0.05) is 15.0 Å². The molecule has 112 valence electrons. The van der Waals surface area contributed by atoms with Crippen LogP contribution in [-0.2, 0) is 6.42 Å². The summed E-state index contributed by atoms with van der Waals surface area (Å²) in [5.74, 6) is 0.584. The lowest BCUT2D eigenvalue weighted by Gasteiger charge is -2.20. The van der Waals surface area contributed by atoms with Crippen molar-refractivity contribution in [1.82, 2.24) is 5.32 Å². The van der Waals surface area contributed by atoms with Gasteiger partial charge in [-0.05, 0) is 61.0 Å². The zero-order valence-corrected chi connectivity index (χ0v) is 15.0. The highest BCUT2D eigenvalue weighted by atomic mass is 79.9. The molecule has 0 bridgehead atoms. The summed E-state index contributed by atoms with van der Waals surface area (Å²) >= 11 is 6.96. The van der Waals surface area contributed by atoms with E-state index in [2.05, 4.69) is 37.2 Å². The molecule has 5 heteroatoms. The van der Waals surface area contributed by atoms with E-state index in [0.29, 0.717) is 6.42 Å². The van der Waals surface area contributed by atoms with Gasteiger partial charge in [0.25, 0.3) is 0 Å². The van der Waals surface area contributed by atoms with Gasteiger partial charge in [-0.25, -0.2) is 4.39 Å². The van der Waals surface area contributed by atoms with Gasteiger partial charge in [0.1, 0.15) is 11.6 Å². The fraction of sp³-hybridized carbons (Fsp3) is 0.250. The predicted molar refractivity (Wildman–Crippen MR) is 90.3 cm³/mol. The van der Waals surface area contributed by atoms with Crippen LogP contribution in [0.3, 0.4) is 0 Å². The van der Waals surface area contributed by atoms with Gasteiger partial charge < -0.3 is 10.1 Å². The van der Waals surface area contributed by atoms with Gasteiger partial charge in [0.05, 0.1) is 7.11 Å². The molecule has 2 nitrogen and oxygen atoms in total. The molecule has 21 heavy (non-hydrogen) atoms. The molecule has 0 heterocycles. The first-order valence-electron chi connectivity index (χ1n) is 6.49. The molecule has 0 fully saturated rings. The van der Waals surface area contributed by atoms with E-state index >= 15 is 0 Å². The third kappa shape index (κ3) is 4.05. The van der Waals surface area contributed by atoms with Crippen LogP contribution < -0.4 is 10.1 Å². The Balaban J connectivity index is 2.35. The second-order valence-electron chi connectivity index (χ2n) is 4.67. The van der Waals surface area contributed by atoms with Gasteiger partial charge in [0.2, 0.25) is 0 Å². The van der Waals surface area contributed by atoms with Crippen LogP contribution in [0.5, 0.6) is 5.75 Å². The maximum atomic E-state index is 13.5. The van der Waals surface area contributed by atoms with E-state index in [1.54, 1.807) is 19.2 Å². The number of rotatable bonds is 5. The Morgan fingerprint density at radius 1 is 1.19 bits per heavy atom.